The minimum atomic E-state index is -0.375. The molecule has 6 heteroatoms. The number of nitrogens with one attached hydrogen (secondary N) is 1. The van der Waals surface area contributed by atoms with Gasteiger partial charge in [0.15, 0.2) is 11.4 Å². The number of amides is 1. The number of nitrogens with zero attached hydrogens (tertiary/aromatic N) is 2. The zero-order chi connectivity index (χ0) is 18.7. The van der Waals surface area contributed by atoms with E-state index in [1.807, 2.05) is 24.3 Å². The van der Waals surface area contributed by atoms with Crippen molar-refractivity contribution in [1.82, 2.24) is 9.78 Å². The molecule has 0 spiro atoms. The molecule has 2 aromatic carbocycles. The summed E-state index contributed by atoms with van der Waals surface area (Å²) in [5, 5.41) is 7.10. The number of hydrogen-bond acceptors (Lipinski definition) is 3. The third-order valence-electron chi connectivity index (χ3n) is 4.04. The van der Waals surface area contributed by atoms with Gasteiger partial charge in [-0.05, 0) is 47.9 Å². The minimum Gasteiger partial charge on any atom is -0.493 e. The van der Waals surface area contributed by atoms with Crippen LogP contribution in [0.5, 0.6) is 5.75 Å². The van der Waals surface area contributed by atoms with Crippen LogP contribution in [-0.4, -0.2) is 22.8 Å². The first kappa shape index (κ1) is 17.7. The zero-order valence-corrected chi connectivity index (χ0v) is 14.9. The highest BCUT2D eigenvalue weighted by atomic mass is 19.1. The number of carbonyl (C=O) groups is 1. The van der Waals surface area contributed by atoms with Crippen LogP contribution in [0.3, 0.4) is 0 Å². The van der Waals surface area contributed by atoms with Gasteiger partial charge in [-0.1, -0.05) is 26.0 Å². The highest BCUT2D eigenvalue weighted by Crippen LogP contribution is 2.22. The number of halogens is 1. The van der Waals surface area contributed by atoms with Crippen LogP contribution in [0.15, 0.2) is 54.7 Å². The molecule has 0 aliphatic heterocycles. The van der Waals surface area contributed by atoms with Crippen molar-refractivity contribution in [1.29, 1.82) is 0 Å². The molecule has 26 heavy (non-hydrogen) atoms. The first-order valence-electron chi connectivity index (χ1n) is 8.29. The van der Waals surface area contributed by atoms with Crippen molar-refractivity contribution in [3.63, 3.8) is 0 Å². The largest absolute Gasteiger partial charge is 0.493 e. The van der Waals surface area contributed by atoms with Crippen LogP contribution in [0.4, 0.5) is 10.1 Å². The second kappa shape index (κ2) is 7.39. The van der Waals surface area contributed by atoms with Crippen LogP contribution in [0.2, 0.25) is 0 Å². The molecule has 1 N–H and O–H groups in total. The van der Waals surface area contributed by atoms with Crippen molar-refractivity contribution in [2.45, 2.75) is 19.8 Å². The van der Waals surface area contributed by atoms with E-state index in [9.17, 15) is 9.18 Å². The number of carbonyl (C=O) groups excluding carboxylic acids is 1. The number of ether oxygens (including phenoxy) is 1. The second-order valence-corrected chi connectivity index (χ2v) is 6.20. The quantitative estimate of drug-likeness (QED) is 0.740. The van der Waals surface area contributed by atoms with Gasteiger partial charge in [-0.2, -0.15) is 5.10 Å². The highest BCUT2D eigenvalue weighted by Gasteiger charge is 2.18. The average Bonchev–Trinajstić information content (AvgIpc) is 3.07. The Labute approximate surface area is 151 Å². The Balaban J connectivity index is 1.83. The molecule has 0 unspecified atom stereocenters. The summed E-state index contributed by atoms with van der Waals surface area (Å²) >= 11 is 0. The number of benzene rings is 2. The van der Waals surface area contributed by atoms with Gasteiger partial charge in [0.2, 0.25) is 0 Å². The molecule has 0 aliphatic rings. The van der Waals surface area contributed by atoms with Crippen molar-refractivity contribution in [2.75, 3.05) is 12.4 Å². The fourth-order valence-corrected chi connectivity index (χ4v) is 2.53. The Morgan fingerprint density at radius 3 is 2.35 bits per heavy atom. The Morgan fingerprint density at radius 1 is 1.12 bits per heavy atom. The number of anilines is 1. The lowest BCUT2D eigenvalue weighted by Gasteiger charge is -2.08. The first-order valence-corrected chi connectivity index (χ1v) is 8.29. The van der Waals surface area contributed by atoms with Crippen molar-refractivity contribution in [3.8, 4) is 11.4 Å². The standard InChI is InChI=1S/C20H20FN3O2/c1-13(2)14-4-8-16(9-5-14)22-20(25)19-18(26-3)12-24(23-19)17-10-6-15(21)7-11-17/h4-13H,1-3H3,(H,22,25). The van der Waals surface area contributed by atoms with Crippen LogP contribution >= 0.6 is 0 Å². The molecule has 0 fully saturated rings. The maximum absolute atomic E-state index is 13.1. The molecule has 5 nitrogen and oxygen atoms in total. The minimum absolute atomic E-state index is 0.157. The zero-order valence-electron chi connectivity index (χ0n) is 14.9. The van der Waals surface area contributed by atoms with Gasteiger partial charge in [0, 0.05) is 5.69 Å². The van der Waals surface area contributed by atoms with Gasteiger partial charge < -0.3 is 10.1 Å². The molecule has 3 aromatic rings. The fraction of sp³-hybridized carbons (Fsp3) is 0.200. The van der Waals surface area contributed by atoms with Gasteiger partial charge in [0.25, 0.3) is 5.91 Å². The van der Waals surface area contributed by atoms with E-state index in [-0.39, 0.29) is 17.4 Å². The molecule has 1 amide bonds. The van der Waals surface area contributed by atoms with E-state index >= 15 is 0 Å². The van der Waals surface area contributed by atoms with E-state index in [1.165, 1.54) is 29.5 Å². The topological polar surface area (TPSA) is 56.2 Å². The van der Waals surface area contributed by atoms with Crippen molar-refractivity contribution >= 4 is 11.6 Å². The molecular weight excluding hydrogens is 333 g/mol. The molecule has 134 valence electrons. The van der Waals surface area contributed by atoms with Crippen LogP contribution in [0.25, 0.3) is 5.69 Å². The summed E-state index contributed by atoms with van der Waals surface area (Å²) in [6.45, 7) is 4.22. The Kier molecular flexibility index (Phi) is 5.02. The molecule has 1 aromatic heterocycles. The van der Waals surface area contributed by atoms with Gasteiger partial charge in [-0.15, -0.1) is 0 Å². The van der Waals surface area contributed by atoms with Crippen molar-refractivity contribution in [3.05, 3.63) is 71.8 Å². The Morgan fingerprint density at radius 2 is 1.77 bits per heavy atom. The summed E-state index contributed by atoms with van der Waals surface area (Å²) in [5.74, 6) is 0.0487. The predicted molar refractivity (Wildman–Crippen MR) is 98.6 cm³/mol. The molecule has 0 saturated carbocycles. The summed E-state index contributed by atoms with van der Waals surface area (Å²) in [4.78, 5) is 12.6. The lowest BCUT2D eigenvalue weighted by Crippen LogP contribution is -2.14. The SMILES string of the molecule is COc1cn(-c2ccc(F)cc2)nc1C(=O)Nc1ccc(C(C)C)cc1. The highest BCUT2D eigenvalue weighted by molar-refractivity contribution is 6.04. The number of hydrogen-bond donors (Lipinski definition) is 1. The van der Waals surface area contributed by atoms with Crippen LogP contribution in [0.1, 0.15) is 35.8 Å². The summed E-state index contributed by atoms with van der Waals surface area (Å²) in [6, 6.07) is 13.5. The fourth-order valence-electron chi connectivity index (χ4n) is 2.53. The van der Waals surface area contributed by atoms with Gasteiger partial charge in [0.1, 0.15) is 5.82 Å². The number of rotatable bonds is 5. The molecule has 0 saturated heterocycles. The van der Waals surface area contributed by atoms with Gasteiger partial charge in [-0.25, -0.2) is 9.07 Å². The molecule has 1 heterocycles. The van der Waals surface area contributed by atoms with Gasteiger partial charge >= 0.3 is 0 Å². The lowest BCUT2D eigenvalue weighted by molar-refractivity contribution is 0.101. The third-order valence-corrected chi connectivity index (χ3v) is 4.04. The lowest BCUT2D eigenvalue weighted by atomic mass is 10.0. The van der Waals surface area contributed by atoms with E-state index in [0.717, 1.165) is 0 Å². The number of methoxy groups -OCH3 is 1. The van der Waals surface area contributed by atoms with E-state index in [2.05, 4.69) is 24.3 Å². The average molecular weight is 353 g/mol. The molecule has 0 radical (unpaired) electrons. The van der Waals surface area contributed by atoms with Gasteiger partial charge in [0.05, 0.1) is 19.0 Å². The second-order valence-electron chi connectivity index (χ2n) is 6.20. The van der Waals surface area contributed by atoms with Crippen LogP contribution < -0.4 is 10.1 Å². The van der Waals surface area contributed by atoms with E-state index < -0.39 is 0 Å². The molecule has 0 bridgehead atoms. The maximum Gasteiger partial charge on any atom is 0.280 e. The normalized spacial score (nSPS) is 10.8. The Bertz CT molecular complexity index is 900. The summed E-state index contributed by atoms with van der Waals surface area (Å²) < 4.78 is 19.8. The molecule has 3 rings (SSSR count). The van der Waals surface area contributed by atoms with Crippen molar-refractivity contribution < 1.29 is 13.9 Å². The summed E-state index contributed by atoms with van der Waals surface area (Å²) in [6.07, 6.45) is 1.59. The number of aromatic nitrogens is 2. The van der Waals surface area contributed by atoms with Crippen LogP contribution in [-0.2, 0) is 0 Å². The van der Waals surface area contributed by atoms with Gasteiger partial charge in [-0.3, -0.25) is 4.79 Å². The van der Waals surface area contributed by atoms with E-state index in [1.54, 1.807) is 18.3 Å². The summed E-state index contributed by atoms with van der Waals surface area (Å²) in [5.41, 5.74) is 2.66. The molecule has 0 aliphatic carbocycles. The first-order chi connectivity index (χ1) is 12.5. The maximum atomic E-state index is 13.1. The smallest absolute Gasteiger partial charge is 0.280 e. The van der Waals surface area contributed by atoms with E-state index in [4.69, 9.17) is 4.74 Å². The summed E-state index contributed by atoms with van der Waals surface area (Å²) in [7, 11) is 1.47. The predicted octanol–water partition coefficient (Wildman–Crippen LogP) is 4.40. The molecular formula is C20H20FN3O2. The molecule has 0 atom stereocenters. The van der Waals surface area contributed by atoms with E-state index in [0.29, 0.717) is 23.0 Å². The Hall–Kier alpha value is -3.15. The third kappa shape index (κ3) is 3.74. The van der Waals surface area contributed by atoms with Crippen molar-refractivity contribution in [2.24, 2.45) is 0 Å². The van der Waals surface area contributed by atoms with Crippen LogP contribution in [0, 0.1) is 5.82 Å². The monoisotopic (exact) mass is 353 g/mol.